The van der Waals surface area contributed by atoms with Gasteiger partial charge in [-0.1, -0.05) is 51.4 Å². The fourth-order valence-electron chi connectivity index (χ4n) is 3.29. The van der Waals surface area contributed by atoms with Crippen LogP contribution in [0.3, 0.4) is 0 Å². The van der Waals surface area contributed by atoms with Crippen molar-refractivity contribution in [2.75, 3.05) is 0 Å². The van der Waals surface area contributed by atoms with Crippen molar-refractivity contribution in [3.8, 4) is 0 Å². The minimum atomic E-state index is -4.27. The molecule has 0 radical (unpaired) electrons. The van der Waals surface area contributed by atoms with Gasteiger partial charge in [0.2, 0.25) is 0 Å². The molecular formula is C15H23F3NPSi2. The van der Waals surface area contributed by atoms with Gasteiger partial charge in [-0.05, 0) is 17.0 Å². The smallest absolute Gasteiger partial charge is 0.253 e. The lowest BCUT2D eigenvalue weighted by Gasteiger charge is -2.37. The van der Waals surface area contributed by atoms with Gasteiger partial charge in [0.1, 0.15) is 0 Å². The Morgan fingerprint density at radius 2 is 1.36 bits per heavy atom. The van der Waals surface area contributed by atoms with Crippen molar-refractivity contribution in [3.63, 3.8) is 0 Å². The van der Waals surface area contributed by atoms with Crippen LogP contribution in [0.25, 0.3) is 0 Å². The molecule has 2 rings (SSSR count). The second-order valence-corrected chi connectivity index (χ2v) is 22.0. The summed E-state index contributed by atoms with van der Waals surface area (Å²) in [5, 5.41) is 0. The third kappa shape index (κ3) is 3.89. The second kappa shape index (κ2) is 5.57. The summed E-state index contributed by atoms with van der Waals surface area (Å²) in [7, 11) is -3.17. The zero-order valence-electron chi connectivity index (χ0n) is 13.9. The van der Waals surface area contributed by atoms with Crippen molar-refractivity contribution in [1.82, 2.24) is 0 Å². The molecule has 1 aromatic carbocycles. The molecule has 7 heteroatoms. The molecule has 1 aromatic rings. The molecule has 1 atom stereocenters. The van der Waals surface area contributed by atoms with Crippen LogP contribution in [0.15, 0.2) is 29.0 Å². The monoisotopic (exact) mass is 361 g/mol. The van der Waals surface area contributed by atoms with Crippen LogP contribution in [0.2, 0.25) is 39.3 Å². The molecule has 1 aliphatic rings. The third-order valence-electron chi connectivity index (χ3n) is 3.74. The molecule has 0 N–H and O–H groups in total. The highest BCUT2D eigenvalue weighted by Gasteiger charge is 2.50. The highest BCUT2D eigenvalue weighted by molar-refractivity contribution is 7.87. The van der Waals surface area contributed by atoms with Gasteiger partial charge >= 0.3 is 6.18 Å². The van der Waals surface area contributed by atoms with Gasteiger partial charge in [-0.2, -0.15) is 13.2 Å². The number of halogens is 3. The summed E-state index contributed by atoms with van der Waals surface area (Å²) in [6.07, 6.45) is -4.27. The van der Waals surface area contributed by atoms with E-state index in [1.807, 2.05) is 0 Å². The van der Waals surface area contributed by atoms with E-state index >= 15 is 0 Å². The van der Waals surface area contributed by atoms with Crippen molar-refractivity contribution in [2.45, 2.75) is 50.4 Å². The number of alkyl halides is 3. The van der Waals surface area contributed by atoms with Crippen LogP contribution in [0.5, 0.6) is 0 Å². The fourth-order valence-corrected chi connectivity index (χ4v) is 21.8. The van der Waals surface area contributed by atoms with Gasteiger partial charge in [-0.25, -0.2) is 0 Å². The van der Waals surface area contributed by atoms with E-state index in [0.717, 1.165) is 11.0 Å². The number of benzene rings is 1. The molecule has 0 bridgehead atoms. The Labute approximate surface area is 133 Å². The van der Waals surface area contributed by atoms with Crippen molar-refractivity contribution >= 4 is 29.7 Å². The first-order valence-corrected chi connectivity index (χ1v) is 15.9. The standard InChI is InChI=1S/C15H23F3NPSi2/c1-21(2,3)14(22(4,5)6)20-13(19-20)11-7-9-12(10-8-11)15(16,17)18/h7-10,14H,1-6H3/t20-/m0/s1. The first-order chi connectivity index (χ1) is 9.82. The molecule has 0 unspecified atom stereocenters. The summed E-state index contributed by atoms with van der Waals surface area (Å²) in [4.78, 5) is 0.687. The predicted octanol–water partition coefficient (Wildman–Crippen LogP) is 5.99. The van der Waals surface area contributed by atoms with Crippen molar-refractivity contribution in [1.29, 1.82) is 0 Å². The Balaban J connectivity index is 2.19. The summed E-state index contributed by atoms with van der Waals surface area (Å²) >= 11 is 0. The van der Waals surface area contributed by atoms with Gasteiger partial charge in [0, 0.05) is 5.56 Å². The van der Waals surface area contributed by atoms with Gasteiger partial charge in [0.05, 0.1) is 35.2 Å². The summed E-state index contributed by atoms with van der Waals surface area (Å²) in [5.74, 6) is 0. The average molecular weight is 361 g/mol. The first-order valence-electron chi connectivity index (χ1n) is 7.37. The van der Waals surface area contributed by atoms with Gasteiger partial charge in [-0.3, -0.25) is 4.76 Å². The quantitative estimate of drug-likeness (QED) is 0.462. The Bertz CT molecular complexity index is 569. The van der Waals surface area contributed by atoms with Gasteiger partial charge in [0.25, 0.3) is 0 Å². The number of nitrogens with zero attached hydrogens (tertiary/aromatic N) is 1. The molecule has 0 saturated heterocycles. The number of hydrogen-bond donors (Lipinski definition) is 0. The molecule has 1 aliphatic heterocycles. The van der Waals surface area contributed by atoms with Crippen LogP contribution < -0.4 is 0 Å². The van der Waals surface area contributed by atoms with E-state index in [0.29, 0.717) is 4.91 Å². The van der Waals surface area contributed by atoms with Crippen LogP contribution in [-0.4, -0.2) is 26.5 Å². The Hall–Kier alpha value is -0.456. The molecule has 1 nitrogen and oxygen atoms in total. The normalized spacial score (nSPS) is 19.4. The second-order valence-electron chi connectivity index (χ2n) is 7.98. The Kier molecular flexibility index (Phi) is 4.53. The SMILES string of the molecule is C[Si](C)(C)C([P@@]1N=C1c1ccc(C(F)(F)F)cc1)[Si](C)(C)C. The van der Waals surface area contributed by atoms with Gasteiger partial charge in [0.15, 0.2) is 0 Å². The summed E-state index contributed by atoms with van der Waals surface area (Å²) in [6.45, 7) is 14.3. The van der Waals surface area contributed by atoms with Crippen LogP contribution in [0.4, 0.5) is 13.2 Å². The van der Waals surface area contributed by atoms with E-state index in [-0.39, 0.29) is 0 Å². The van der Waals surface area contributed by atoms with Gasteiger partial charge in [-0.15, -0.1) is 0 Å². The summed E-state index contributed by atoms with van der Waals surface area (Å²) < 4.78 is 42.6. The average Bonchev–Trinajstić information content (AvgIpc) is 3.04. The summed E-state index contributed by atoms with van der Waals surface area (Å²) in [5.41, 5.74) is 1.35. The predicted molar refractivity (Wildman–Crippen MR) is 95.4 cm³/mol. The number of hydrogen-bond acceptors (Lipinski definition) is 1. The first kappa shape index (κ1) is 17.9. The van der Waals surface area contributed by atoms with Crippen molar-refractivity contribution in [3.05, 3.63) is 35.4 Å². The molecule has 0 saturated carbocycles. The maximum atomic E-state index is 12.6. The van der Waals surface area contributed by atoms with E-state index < -0.39 is 36.0 Å². The maximum Gasteiger partial charge on any atom is 0.416 e. The highest BCUT2D eigenvalue weighted by Crippen LogP contribution is 2.63. The molecule has 0 aliphatic carbocycles. The van der Waals surface area contributed by atoms with Crippen molar-refractivity contribution in [2.24, 2.45) is 4.76 Å². The van der Waals surface area contributed by atoms with Crippen LogP contribution >= 0.6 is 8.07 Å². The molecule has 0 spiro atoms. The molecule has 122 valence electrons. The van der Waals surface area contributed by atoms with E-state index in [4.69, 9.17) is 4.76 Å². The lowest BCUT2D eigenvalue weighted by molar-refractivity contribution is -0.137. The number of rotatable bonds is 4. The molecule has 1 heterocycles. The van der Waals surface area contributed by atoms with Gasteiger partial charge < -0.3 is 0 Å². The molecule has 22 heavy (non-hydrogen) atoms. The lowest BCUT2D eigenvalue weighted by Crippen LogP contribution is -2.51. The summed E-state index contributed by atoms with van der Waals surface area (Å²) in [6, 6.07) is 5.49. The molecule has 0 amide bonds. The minimum Gasteiger partial charge on any atom is -0.253 e. The topological polar surface area (TPSA) is 12.4 Å². The molecule has 0 aromatic heterocycles. The highest BCUT2D eigenvalue weighted by atomic mass is 31.1. The zero-order valence-corrected chi connectivity index (χ0v) is 16.8. The van der Waals surface area contributed by atoms with Crippen LogP contribution in [0.1, 0.15) is 11.1 Å². The lowest BCUT2D eigenvalue weighted by atomic mass is 10.1. The molecular weight excluding hydrogens is 338 g/mol. The maximum absolute atomic E-state index is 12.6. The largest absolute Gasteiger partial charge is 0.416 e. The van der Waals surface area contributed by atoms with Crippen LogP contribution in [-0.2, 0) is 6.18 Å². The Morgan fingerprint density at radius 1 is 0.909 bits per heavy atom. The van der Waals surface area contributed by atoms with E-state index in [9.17, 15) is 13.2 Å². The van der Waals surface area contributed by atoms with E-state index in [1.54, 1.807) is 12.1 Å². The van der Waals surface area contributed by atoms with Crippen molar-refractivity contribution < 1.29 is 13.2 Å². The minimum absolute atomic E-state index is 0.484. The van der Waals surface area contributed by atoms with E-state index in [2.05, 4.69) is 39.3 Å². The fraction of sp³-hybridized carbons (Fsp3) is 0.533. The Morgan fingerprint density at radius 3 is 1.73 bits per heavy atom. The third-order valence-corrected chi connectivity index (χ3v) is 19.8. The van der Waals surface area contributed by atoms with E-state index in [1.165, 1.54) is 12.1 Å². The zero-order chi connectivity index (χ0) is 16.9. The van der Waals surface area contributed by atoms with Crippen LogP contribution in [0, 0.1) is 0 Å². The molecule has 0 fully saturated rings.